The predicted molar refractivity (Wildman–Crippen MR) is 68.0 cm³/mol. The Morgan fingerprint density at radius 1 is 1.24 bits per heavy atom. The Morgan fingerprint density at radius 3 is 2.53 bits per heavy atom. The Hall–Kier alpha value is -0.170. The molecule has 0 aromatic rings. The molecule has 6 heteroatoms. The summed E-state index contributed by atoms with van der Waals surface area (Å²) in [5.41, 5.74) is 0. The third-order valence-electron chi connectivity index (χ3n) is 3.94. The zero-order valence-corrected chi connectivity index (χ0v) is 11.7. The molecule has 2 aliphatic rings. The van der Waals surface area contributed by atoms with Crippen molar-refractivity contribution >= 4 is 10.2 Å². The Bertz CT molecular complexity index is 355. The van der Waals surface area contributed by atoms with Gasteiger partial charge in [0.1, 0.15) is 0 Å². The van der Waals surface area contributed by atoms with Crippen molar-refractivity contribution in [1.29, 1.82) is 0 Å². The van der Waals surface area contributed by atoms with Crippen molar-refractivity contribution < 1.29 is 8.42 Å². The van der Waals surface area contributed by atoms with Crippen LogP contribution in [0.2, 0.25) is 0 Å². The van der Waals surface area contributed by atoms with Crippen molar-refractivity contribution in [3.8, 4) is 0 Å². The van der Waals surface area contributed by atoms with E-state index in [1.165, 1.54) is 4.31 Å². The van der Waals surface area contributed by atoms with Gasteiger partial charge in [-0.15, -0.1) is 0 Å². The quantitative estimate of drug-likeness (QED) is 0.800. The summed E-state index contributed by atoms with van der Waals surface area (Å²) in [6.07, 6.45) is 2.93. The monoisotopic (exact) mass is 261 g/mol. The fourth-order valence-corrected chi connectivity index (χ4v) is 4.70. The van der Waals surface area contributed by atoms with E-state index in [0.717, 1.165) is 32.4 Å². The van der Waals surface area contributed by atoms with Gasteiger partial charge in [0, 0.05) is 31.7 Å². The van der Waals surface area contributed by atoms with Crippen molar-refractivity contribution in [1.82, 2.24) is 13.9 Å². The molecule has 2 heterocycles. The number of nitrogens with one attached hydrogen (secondary N) is 1. The molecule has 2 aliphatic heterocycles. The van der Waals surface area contributed by atoms with Crippen LogP contribution < -0.4 is 5.32 Å². The summed E-state index contributed by atoms with van der Waals surface area (Å²) in [4.78, 5) is 0. The average Bonchev–Trinajstić information content (AvgIpc) is 2.51. The highest BCUT2D eigenvalue weighted by Gasteiger charge is 2.44. The predicted octanol–water partition coefficient (Wildman–Crippen LogP) is 0.398. The number of nitrogens with zero attached hydrogens (tertiary/aromatic N) is 2. The van der Waals surface area contributed by atoms with Gasteiger partial charge in [0.25, 0.3) is 10.2 Å². The summed E-state index contributed by atoms with van der Waals surface area (Å²) < 4.78 is 28.4. The molecule has 2 unspecified atom stereocenters. The third kappa shape index (κ3) is 2.36. The minimum absolute atomic E-state index is 0.00983. The van der Waals surface area contributed by atoms with Crippen LogP contribution in [0.1, 0.15) is 33.1 Å². The molecule has 100 valence electrons. The van der Waals surface area contributed by atoms with Crippen LogP contribution in [0.3, 0.4) is 0 Å². The lowest BCUT2D eigenvalue weighted by Crippen LogP contribution is -2.50. The van der Waals surface area contributed by atoms with E-state index in [9.17, 15) is 8.42 Å². The van der Waals surface area contributed by atoms with Crippen molar-refractivity contribution in [3.63, 3.8) is 0 Å². The molecule has 2 bridgehead atoms. The van der Waals surface area contributed by atoms with Gasteiger partial charge in [-0.05, 0) is 39.7 Å². The summed E-state index contributed by atoms with van der Waals surface area (Å²) in [6.45, 7) is 5.55. The largest absolute Gasteiger partial charge is 0.315 e. The number of hydrogen-bond donors (Lipinski definition) is 1. The van der Waals surface area contributed by atoms with Gasteiger partial charge in [-0.3, -0.25) is 0 Å². The third-order valence-corrected chi connectivity index (χ3v) is 6.22. The zero-order valence-electron chi connectivity index (χ0n) is 10.9. The smallest absolute Gasteiger partial charge is 0.282 e. The number of rotatable bonds is 3. The van der Waals surface area contributed by atoms with Gasteiger partial charge in [-0.1, -0.05) is 0 Å². The zero-order chi connectivity index (χ0) is 12.6. The summed E-state index contributed by atoms with van der Waals surface area (Å²) in [6, 6.07) is 0.352. The summed E-state index contributed by atoms with van der Waals surface area (Å²) in [5.74, 6) is 0. The number of fused-ring (bicyclic) bond motifs is 2. The lowest BCUT2D eigenvalue weighted by atomic mass is 10.1. The first-order chi connectivity index (χ1) is 7.94. The van der Waals surface area contributed by atoms with Gasteiger partial charge in [0.2, 0.25) is 0 Å². The maximum absolute atomic E-state index is 12.6. The first kappa shape index (κ1) is 13.3. The standard InChI is InChI=1S/C11H23N3O2S/c1-9(2)13(3)17(15,16)14-10-4-5-11(14)8-12-7-6-10/h9-12H,4-8H2,1-3H3. The van der Waals surface area contributed by atoms with E-state index < -0.39 is 10.2 Å². The highest BCUT2D eigenvalue weighted by Crippen LogP contribution is 2.32. The first-order valence-electron chi connectivity index (χ1n) is 6.42. The van der Waals surface area contributed by atoms with Crippen molar-refractivity contribution in [2.45, 2.75) is 51.2 Å². The summed E-state index contributed by atoms with van der Waals surface area (Å²) >= 11 is 0. The van der Waals surface area contributed by atoms with Gasteiger partial charge in [0.05, 0.1) is 0 Å². The molecule has 0 aliphatic carbocycles. The van der Waals surface area contributed by atoms with Crippen molar-refractivity contribution in [2.24, 2.45) is 0 Å². The molecule has 5 nitrogen and oxygen atoms in total. The Labute approximate surface area is 104 Å². The van der Waals surface area contributed by atoms with E-state index in [0.29, 0.717) is 0 Å². The SMILES string of the molecule is CC(C)N(C)S(=O)(=O)N1C2CCNCC1CC2. The molecule has 0 aromatic carbocycles. The molecule has 0 radical (unpaired) electrons. The summed E-state index contributed by atoms with van der Waals surface area (Å²) in [7, 11) is -1.62. The lowest BCUT2D eigenvalue weighted by molar-refractivity contribution is 0.289. The fourth-order valence-electron chi connectivity index (χ4n) is 2.73. The van der Waals surface area contributed by atoms with Crippen LogP contribution in [0.15, 0.2) is 0 Å². The molecule has 0 aromatic heterocycles. The van der Waals surface area contributed by atoms with E-state index in [2.05, 4.69) is 5.32 Å². The Balaban J connectivity index is 2.26. The van der Waals surface area contributed by atoms with Crippen LogP contribution in [0, 0.1) is 0 Å². The van der Waals surface area contributed by atoms with Gasteiger partial charge in [0.15, 0.2) is 0 Å². The summed E-state index contributed by atoms with van der Waals surface area (Å²) in [5, 5.41) is 3.32. The van der Waals surface area contributed by atoms with E-state index >= 15 is 0 Å². The first-order valence-corrected chi connectivity index (χ1v) is 7.81. The molecule has 17 heavy (non-hydrogen) atoms. The van der Waals surface area contributed by atoms with Crippen LogP contribution in [0.5, 0.6) is 0 Å². The van der Waals surface area contributed by atoms with Crippen molar-refractivity contribution in [2.75, 3.05) is 20.1 Å². The van der Waals surface area contributed by atoms with Crippen LogP contribution in [-0.2, 0) is 10.2 Å². The second-order valence-corrected chi connectivity index (χ2v) is 7.22. The van der Waals surface area contributed by atoms with E-state index in [1.807, 2.05) is 13.8 Å². The van der Waals surface area contributed by atoms with Crippen LogP contribution >= 0.6 is 0 Å². The molecule has 2 atom stereocenters. The highest BCUT2D eigenvalue weighted by atomic mass is 32.2. The van der Waals surface area contributed by atoms with Crippen LogP contribution in [0.4, 0.5) is 0 Å². The van der Waals surface area contributed by atoms with Gasteiger partial charge in [-0.2, -0.15) is 17.0 Å². The molecule has 2 fully saturated rings. The molecule has 2 rings (SSSR count). The average molecular weight is 261 g/mol. The van der Waals surface area contributed by atoms with Gasteiger partial charge in [-0.25, -0.2) is 0 Å². The lowest BCUT2D eigenvalue weighted by Gasteiger charge is -2.32. The van der Waals surface area contributed by atoms with Crippen molar-refractivity contribution in [3.05, 3.63) is 0 Å². The molecular weight excluding hydrogens is 238 g/mol. The second-order valence-electron chi connectivity index (χ2n) is 5.33. The highest BCUT2D eigenvalue weighted by molar-refractivity contribution is 7.86. The molecule has 2 saturated heterocycles. The Kier molecular flexibility index (Phi) is 3.77. The fraction of sp³-hybridized carbons (Fsp3) is 1.00. The van der Waals surface area contributed by atoms with Gasteiger partial charge >= 0.3 is 0 Å². The molecule has 0 amide bonds. The molecule has 0 spiro atoms. The van der Waals surface area contributed by atoms with E-state index in [4.69, 9.17) is 0 Å². The van der Waals surface area contributed by atoms with Crippen LogP contribution in [0.25, 0.3) is 0 Å². The minimum atomic E-state index is -3.29. The minimum Gasteiger partial charge on any atom is -0.315 e. The topological polar surface area (TPSA) is 52.7 Å². The van der Waals surface area contributed by atoms with Crippen LogP contribution in [-0.4, -0.2) is 55.3 Å². The normalized spacial score (nSPS) is 31.1. The Morgan fingerprint density at radius 2 is 1.88 bits per heavy atom. The maximum atomic E-state index is 12.6. The molecular formula is C11H23N3O2S. The number of hydrogen-bond acceptors (Lipinski definition) is 3. The van der Waals surface area contributed by atoms with E-state index in [1.54, 1.807) is 11.4 Å². The van der Waals surface area contributed by atoms with Gasteiger partial charge < -0.3 is 5.32 Å². The molecule has 1 N–H and O–H groups in total. The van der Waals surface area contributed by atoms with E-state index in [-0.39, 0.29) is 18.1 Å². The maximum Gasteiger partial charge on any atom is 0.282 e. The molecule has 0 saturated carbocycles. The second kappa shape index (κ2) is 4.84.